The lowest BCUT2D eigenvalue weighted by molar-refractivity contribution is -0.116. The topological polar surface area (TPSA) is 54.9 Å². The van der Waals surface area contributed by atoms with Crippen molar-refractivity contribution in [2.75, 3.05) is 11.1 Å². The van der Waals surface area contributed by atoms with E-state index in [-0.39, 0.29) is 5.78 Å². The van der Waals surface area contributed by atoms with Crippen molar-refractivity contribution in [3.05, 3.63) is 29.8 Å². The number of nitrogens with zero attached hydrogens (tertiary/aromatic N) is 2. The number of benzene rings is 1. The highest BCUT2D eigenvalue weighted by Gasteiger charge is 2.06. The van der Waals surface area contributed by atoms with Gasteiger partial charge in [-0.15, -0.1) is 10.2 Å². The Bertz CT molecular complexity index is 593. The van der Waals surface area contributed by atoms with Crippen LogP contribution in [0.15, 0.2) is 28.6 Å². The van der Waals surface area contributed by atoms with Crippen molar-refractivity contribution in [1.82, 2.24) is 10.2 Å². The molecular formula is C15H19N3OS2. The van der Waals surface area contributed by atoms with Gasteiger partial charge in [0.25, 0.3) is 0 Å². The molecule has 0 saturated carbocycles. The second-order valence-electron chi connectivity index (χ2n) is 5.08. The van der Waals surface area contributed by atoms with Crippen molar-refractivity contribution in [3.8, 4) is 0 Å². The number of carbonyl (C=O) groups excluding carboxylic acids is 1. The molecule has 0 radical (unpaired) electrons. The van der Waals surface area contributed by atoms with Gasteiger partial charge in [-0.1, -0.05) is 49.1 Å². The molecule has 2 aromatic rings. The zero-order valence-corrected chi connectivity index (χ0v) is 14.1. The van der Waals surface area contributed by atoms with E-state index in [0.717, 1.165) is 20.9 Å². The first-order valence-electron chi connectivity index (χ1n) is 6.87. The number of carbonyl (C=O) groups is 1. The molecule has 0 aliphatic rings. The summed E-state index contributed by atoms with van der Waals surface area (Å²) in [4.78, 5) is 10.9. The van der Waals surface area contributed by atoms with E-state index >= 15 is 0 Å². The number of hydrogen-bond donors (Lipinski definition) is 1. The summed E-state index contributed by atoms with van der Waals surface area (Å²) in [6.07, 6.45) is 0.573. The van der Waals surface area contributed by atoms with Crippen molar-refractivity contribution in [1.29, 1.82) is 0 Å². The molecule has 0 saturated heterocycles. The first-order valence-corrected chi connectivity index (χ1v) is 8.67. The summed E-state index contributed by atoms with van der Waals surface area (Å²) < 4.78 is 0.887. The number of nitrogens with one attached hydrogen (secondary N) is 1. The highest BCUT2D eigenvalue weighted by Crippen LogP contribution is 2.28. The standard InChI is InChI=1S/C15H19N3OS2/c1-10(2)12-4-6-13(7-5-12)16-14-17-18-15(21-14)20-9-8-11(3)19/h4-7,10H,8-9H2,1-3H3,(H,16,17). The van der Waals surface area contributed by atoms with Crippen molar-refractivity contribution in [2.24, 2.45) is 0 Å². The molecule has 0 atom stereocenters. The first kappa shape index (κ1) is 16.0. The predicted molar refractivity (Wildman–Crippen MR) is 89.7 cm³/mol. The van der Waals surface area contributed by atoms with Crippen LogP contribution in [0.2, 0.25) is 0 Å². The summed E-state index contributed by atoms with van der Waals surface area (Å²) in [5.41, 5.74) is 2.33. The third-order valence-electron chi connectivity index (χ3n) is 2.91. The number of thioether (sulfide) groups is 1. The van der Waals surface area contributed by atoms with Crippen molar-refractivity contribution in [3.63, 3.8) is 0 Å². The Kier molecular flexibility index (Phi) is 5.76. The third-order valence-corrected chi connectivity index (χ3v) is 4.89. The second kappa shape index (κ2) is 7.56. The molecule has 0 bridgehead atoms. The van der Waals surface area contributed by atoms with Gasteiger partial charge in [0.05, 0.1) is 0 Å². The number of hydrogen-bond acceptors (Lipinski definition) is 6. The zero-order valence-electron chi connectivity index (χ0n) is 12.4. The molecule has 0 unspecified atom stereocenters. The fraction of sp³-hybridized carbons (Fsp3) is 0.400. The molecule has 4 nitrogen and oxygen atoms in total. The zero-order chi connectivity index (χ0) is 15.2. The van der Waals surface area contributed by atoms with Gasteiger partial charge in [-0.25, -0.2) is 0 Å². The maximum absolute atomic E-state index is 10.9. The molecular weight excluding hydrogens is 302 g/mol. The molecule has 21 heavy (non-hydrogen) atoms. The van der Waals surface area contributed by atoms with E-state index in [1.54, 1.807) is 18.7 Å². The summed E-state index contributed by atoms with van der Waals surface area (Å²) >= 11 is 3.08. The van der Waals surface area contributed by atoms with Crippen LogP contribution in [0, 0.1) is 0 Å². The molecule has 0 spiro atoms. The number of aromatic nitrogens is 2. The van der Waals surface area contributed by atoms with E-state index in [9.17, 15) is 4.79 Å². The highest BCUT2D eigenvalue weighted by molar-refractivity contribution is 8.01. The first-order chi connectivity index (χ1) is 10.0. The minimum Gasteiger partial charge on any atom is -0.330 e. The van der Waals surface area contributed by atoms with Crippen LogP contribution in [0.1, 0.15) is 38.7 Å². The van der Waals surface area contributed by atoms with Crippen LogP contribution in [0.4, 0.5) is 10.8 Å². The van der Waals surface area contributed by atoms with Gasteiger partial charge in [0.15, 0.2) is 4.34 Å². The van der Waals surface area contributed by atoms with Crippen LogP contribution in [0.5, 0.6) is 0 Å². The molecule has 0 fully saturated rings. The van der Waals surface area contributed by atoms with Gasteiger partial charge >= 0.3 is 0 Å². The van der Waals surface area contributed by atoms with E-state index < -0.39 is 0 Å². The van der Waals surface area contributed by atoms with Crippen molar-refractivity contribution in [2.45, 2.75) is 37.4 Å². The van der Waals surface area contributed by atoms with Crippen LogP contribution >= 0.6 is 23.1 Å². The molecule has 1 heterocycles. The molecule has 2 rings (SSSR count). The summed E-state index contributed by atoms with van der Waals surface area (Å²) in [7, 11) is 0. The monoisotopic (exact) mass is 321 g/mol. The minimum atomic E-state index is 0.204. The van der Waals surface area contributed by atoms with Crippen LogP contribution in [0.25, 0.3) is 0 Å². The quantitative estimate of drug-likeness (QED) is 0.762. The van der Waals surface area contributed by atoms with Gasteiger partial charge in [0, 0.05) is 17.9 Å². The molecule has 112 valence electrons. The molecule has 0 aliphatic carbocycles. The fourth-order valence-electron chi connectivity index (χ4n) is 1.68. The smallest absolute Gasteiger partial charge is 0.210 e. The Hall–Kier alpha value is -1.40. The molecule has 0 aliphatic heterocycles. The summed E-state index contributed by atoms with van der Waals surface area (Å²) in [6, 6.07) is 8.35. The Morgan fingerprint density at radius 1 is 1.29 bits per heavy atom. The number of rotatable bonds is 7. The minimum absolute atomic E-state index is 0.204. The van der Waals surface area contributed by atoms with Gasteiger partial charge in [-0.2, -0.15) is 0 Å². The van der Waals surface area contributed by atoms with Crippen LogP contribution < -0.4 is 5.32 Å². The largest absolute Gasteiger partial charge is 0.330 e. The molecule has 1 aromatic carbocycles. The normalized spacial score (nSPS) is 10.9. The summed E-state index contributed by atoms with van der Waals surface area (Å²) in [5.74, 6) is 1.49. The lowest BCUT2D eigenvalue weighted by Crippen LogP contribution is -1.91. The van der Waals surface area contributed by atoms with Crippen molar-refractivity contribution >= 4 is 39.7 Å². The molecule has 1 N–H and O–H groups in total. The van der Waals surface area contributed by atoms with Gasteiger partial charge in [0.1, 0.15) is 5.78 Å². The Morgan fingerprint density at radius 3 is 2.62 bits per heavy atom. The van der Waals surface area contributed by atoms with E-state index in [1.165, 1.54) is 16.9 Å². The van der Waals surface area contributed by atoms with Gasteiger partial charge < -0.3 is 5.32 Å². The molecule has 6 heteroatoms. The van der Waals surface area contributed by atoms with Crippen LogP contribution in [-0.4, -0.2) is 21.7 Å². The Labute approximate surface area is 133 Å². The lowest BCUT2D eigenvalue weighted by atomic mass is 10.0. The van der Waals surface area contributed by atoms with Gasteiger partial charge in [0.2, 0.25) is 5.13 Å². The Balaban J connectivity index is 1.91. The number of anilines is 2. The van der Waals surface area contributed by atoms with Crippen molar-refractivity contribution < 1.29 is 4.79 Å². The third kappa shape index (κ3) is 5.13. The maximum Gasteiger partial charge on any atom is 0.210 e. The van der Waals surface area contributed by atoms with Gasteiger partial charge in [-0.05, 0) is 30.5 Å². The SMILES string of the molecule is CC(=O)CCSc1nnc(Nc2ccc(C(C)C)cc2)s1. The maximum atomic E-state index is 10.9. The summed E-state index contributed by atoms with van der Waals surface area (Å²) in [6.45, 7) is 5.96. The van der Waals surface area contributed by atoms with Crippen LogP contribution in [-0.2, 0) is 4.79 Å². The predicted octanol–water partition coefficient (Wildman–Crippen LogP) is 4.48. The molecule has 0 amide bonds. The van der Waals surface area contributed by atoms with Crippen LogP contribution in [0.3, 0.4) is 0 Å². The highest BCUT2D eigenvalue weighted by atomic mass is 32.2. The average molecular weight is 321 g/mol. The Morgan fingerprint density at radius 2 is 2.00 bits per heavy atom. The van der Waals surface area contributed by atoms with E-state index in [2.05, 4.69) is 53.6 Å². The van der Waals surface area contributed by atoms with E-state index in [4.69, 9.17) is 0 Å². The lowest BCUT2D eigenvalue weighted by Gasteiger charge is -2.06. The second-order valence-corrected chi connectivity index (χ2v) is 7.39. The average Bonchev–Trinajstić information content (AvgIpc) is 2.86. The van der Waals surface area contributed by atoms with E-state index in [1.807, 2.05) is 0 Å². The molecule has 1 aromatic heterocycles. The van der Waals surface area contributed by atoms with Gasteiger partial charge in [-0.3, -0.25) is 4.79 Å². The number of ketones is 1. The fourth-order valence-corrected chi connectivity index (χ4v) is 3.56. The number of Topliss-reactive ketones (excluding diaryl/α,β-unsaturated/α-hetero) is 1. The summed E-state index contributed by atoms with van der Waals surface area (Å²) in [5, 5.41) is 12.3. The van der Waals surface area contributed by atoms with E-state index in [0.29, 0.717) is 12.3 Å².